The molecule has 25 heavy (non-hydrogen) atoms. The van der Waals surface area contributed by atoms with Crippen molar-refractivity contribution in [3.05, 3.63) is 0 Å². The molecule has 8 saturated carbocycles. The molecule has 1 nitrogen and oxygen atoms in total. The zero-order valence-corrected chi connectivity index (χ0v) is 16.7. The van der Waals surface area contributed by atoms with Crippen LogP contribution in [0.3, 0.4) is 0 Å². The van der Waals surface area contributed by atoms with Gasteiger partial charge in [-0.15, -0.1) is 0 Å². The van der Waals surface area contributed by atoms with Gasteiger partial charge in [0.05, 0.1) is 0 Å². The summed E-state index contributed by atoms with van der Waals surface area (Å²) in [5.41, 5.74) is 2.48. The molecule has 0 saturated heterocycles. The molecule has 0 heterocycles. The average Bonchev–Trinajstić information content (AvgIpc) is 2.51. The highest BCUT2D eigenvalue weighted by atomic mass is 15.1. The van der Waals surface area contributed by atoms with Crippen LogP contribution in [-0.2, 0) is 0 Å². The summed E-state index contributed by atoms with van der Waals surface area (Å²) in [5, 5.41) is 4.59. The van der Waals surface area contributed by atoms with E-state index < -0.39 is 0 Å². The molecule has 8 bridgehead atoms. The van der Waals surface area contributed by atoms with Gasteiger partial charge in [0.25, 0.3) is 0 Å². The molecule has 0 radical (unpaired) electrons. The Kier molecular flexibility index (Phi) is 3.11. The van der Waals surface area contributed by atoms with Crippen molar-refractivity contribution in [3.8, 4) is 0 Å². The fourth-order valence-corrected chi connectivity index (χ4v) is 10.6. The van der Waals surface area contributed by atoms with Crippen LogP contribution in [0.15, 0.2) is 0 Å². The van der Waals surface area contributed by atoms with Crippen molar-refractivity contribution in [2.75, 3.05) is 0 Å². The minimum absolute atomic E-state index is 0.525. The molecule has 1 heteroatoms. The lowest BCUT2D eigenvalue weighted by Crippen LogP contribution is -2.71. The van der Waals surface area contributed by atoms with E-state index in [9.17, 15) is 0 Å². The van der Waals surface area contributed by atoms with Gasteiger partial charge in [-0.2, -0.15) is 0 Å². The Hall–Kier alpha value is -0.0400. The fourth-order valence-electron chi connectivity index (χ4n) is 10.6. The van der Waals surface area contributed by atoms with Crippen LogP contribution in [0.25, 0.3) is 0 Å². The Morgan fingerprint density at radius 1 is 0.600 bits per heavy atom. The van der Waals surface area contributed by atoms with E-state index in [4.69, 9.17) is 0 Å². The predicted octanol–water partition coefficient (Wildman–Crippen LogP) is 6.07. The molecule has 2 atom stereocenters. The van der Waals surface area contributed by atoms with Crippen molar-refractivity contribution >= 4 is 0 Å². The third-order valence-corrected chi connectivity index (χ3v) is 10.4. The average molecular weight is 342 g/mol. The lowest BCUT2D eigenvalue weighted by atomic mass is 9.40. The highest BCUT2D eigenvalue weighted by Crippen LogP contribution is 2.69. The molecule has 0 aliphatic heterocycles. The largest absolute Gasteiger partial charge is 0.306 e. The second kappa shape index (κ2) is 4.86. The number of hydrogen-bond donors (Lipinski definition) is 1. The maximum absolute atomic E-state index is 4.59. The van der Waals surface area contributed by atoms with Crippen molar-refractivity contribution in [2.24, 2.45) is 34.5 Å². The molecule has 8 aliphatic rings. The summed E-state index contributed by atoms with van der Waals surface area (Å²) >= 11 is 0. The van der Waals surface area contributed by atoms with Gasteiger partial charge in [-0.1, -0.05) is 26.7 Å². The van der Waals surface area contributed by atoms with Crippen LogP contribution in [0.2, 0.25) is 0 Å². The minimum Gasteiger partial charge on any atom is -0.306 e. The van der Waals surface area contributed by atoms with Crippen LogP contribution >= 0.6 is 0 Å². The first-order valence-corrected chi connectivity index (χ1v) is 11.8. The first-order chi connectivity index (χ1) is 12.0. The van der Waals surface area contributed by atoms with Crippen molar-refractivity contribution in [1.82, 2.24) is 5.32 Å². The van der Waals surface area contributed by atoms with Gasteiger partial charge >= 0.3 is 0 Å². The van der Waals surface area contributed by atoms with E-state index in [1.165, 1.54) is 51.4 Å². The van der Waals surface area contributed by atoms with Gasteiger partial charge < -0.3 is 5.32 Å². The van der Waals surface area contributed by atoms with Crippen LogP contribution in [0.1, 0.15) is 104 Å². The minimum atomic E-state index is 0.525. The monoisotopic (exact) mass is 341 g/mol. The number of hydrogen-bond acceptors (Lipinski definition) is 1. The third-order valence-electron chi connectivity index (χ3n) is 10.4. The Morgan fingerprint density at radius 3 is 1.56 bits per heavy atom. The predicted molar refractivity (Wildman–Crippen MR) is 103 cm³/mol. The summed E-state index contributed by atoms with van der Waals surface area (Å²) in [4.78, 5) is 0. The third kappa shape index (κ3) is 2.23. The van der Waals surface area contributed by atoms with Crippen LogP contribution in [0.5, 0.6) is 0 Å². The molecule has 0 aromatic carbocycles. The molecule has 1 N–H and O–H groups in total. The first-order valence-electron chi connectivity index (χ1n) is 11.8. The molecule has 2 unspecified atom stereocenters. The number of rotatable bonds is 4. The van der Waals surface area contributed by atoms with E-state index in [1.54, 1.807) is 38.5 Å². The first kappa shape index (κ1) is 16.0. The van der Waals surface area contributed by atoms with Crippen molar-refractivity contribution in [2.45, 2.75) is 115 Å². The molecule has 0 aromatic heterocycles. The molecular weight excluding hydrogens is 302 g/mol. The van der Waals surface area contributed by atoms with Crippen LogP contribution in [-0.4, -0.2) is 11.1 Å². The normalized spacial score (nSPS) is 61.2. The second-order valence-electron chi connectivity index (χ2n) is 12.3. The van der Waals surface area contributed by atoms with E-state index in [2.05, 4.69) is 19.2 Å². The Labute approximate surface area is 155 Å². The van der Waals surface area contributed by atoms with Crippen LogP contribution in [0.4, 0.5) is 0 Å². The Balaban J connectivity index is 1.34. The summed E-state index contributed by atoms with van der Waals surface area (Å²) in [6, 6.07) is 0. The topological polar surface area (TPSA) is 12.0 Å². The standard InChI is InChI=1S/C24H39N/c1-3-21-8-20-9-22(4-2,14-21)16-24(13-20,15-21)25-23-10-17-5-18(11-23)7-19(6-17)12-23/h17-20,25H,3-16H2,1-2H3. The van der Waals surface area contributed by atoms with Crippen molar-refractivity contribution in [1.29, 1.82) is 0 Å². The summed E-state index contributed by atoms with van der Waals surface area (Å²) in [7, 11) is 0. The van der Waals surface area contributed by atoms with Gasteiger partial charge in [0.1, 0.15) is 0 Å². The molecule has 140 valence electrons. The van der Waals surface area contributed by atoms with E-state index in [0.29, 0.717) is 21.9 Å². The smallest absolute Gasteiger partial charge is 0.0199 e. The van der Waals surface area contributed by atoms with E-state index in [0.717, 1.165) is 23.7 Å². The lowest BCUT2D eigenvalue weighted by Gasteiger charge is -2.70. The zero-order valence-electron chi connectivity index (χ0n) is 16.7. The highest BCUT2D eigenvalue weighted by molar-refractivity contribution is 5.19. The Morgan fingerprint density at radius 2 is 1.08 bits per heavy atom. The van der Waals surface area contributed by atoms with Gasteiger partial charge in [0.15, 0.2) is 0 Å². The van der Waals surface area contributed by atoms with Crippen LogP contribution in [0, 0.1) is 34.5 Å². The molecule has 0 spiro atoms. The molecule has 0 amide bonds. The van der Waals surface area contributed by atoms with E-state index >= 15 is 0 Å². The molecule has 8 aliphatic carbocycles. The second-order valence-corrected chi connectivity index (χ2v) is 12.3. The molecule has 0 aromatic rings. The number of nitrogens with one attached hydrogen (secondary N) is 1. The summed E-state index contributed by atoms with van der Waals surface area (Å²) in [6.45, 7) is 5.02. The quantitative estimate of drug-likeness (QED) is 0.654. The molecular formula is C24H39N. The van der Waals surface area contributed by atoms with Gasteiger partial charge in [-0.3, -0.25) is 0 Å². The summed E-state index contributed by atoms with van der Waals surface area (Å²) in [5.74, 6) is 4.27. The summed E-state index contributed by atoms with van der Waals surface area (Å²) < 4.78 is 0. The molecule has 8 rings (SSSR count). The van der Waals surface area contributed by atoms with Gasteiger partial charge in [0, 0.05) is 11.1 Å². The van der Waals surface area contributed by atoms with E-state index in [-0.39, 0.29) is 0 Å². The van der Waals surface area contributed by atoms with Crippen molar-refractivity contribution < 1.29 is 0 Å². The summed E-state index contributed by atoms with van der Waals surface area (Å²) in [6.07, 6.45) is 21.5. The van der Waals surface area contributed by atoms with Gasteiger partial charge in [-0.25, -0.2) is 0 Å². The van der Waals surface area contributed by atoms with Gasteiger partial charge in [0.2, 0.25) is 0 Å². The lowest BCUT2D eigenvalue weighted by molar-refractivity contribution is -0.155. The van der Waals surface area contributed by atoms with E-state index in [1.807, 2.05) is 0 Å². The highest BCUT2D eigenvalue weighted by Gasteiger charge is 2.64. The van der Waals surface area contributed by atoms with Crippen LogP contribution < -0.4 is 5.32 Å². The molecule has 8 fully saturated rings. The maximum atomic E-state index is 4.59. The fraction of sp³-hybridized carbons (Fsp3) is 1.00. The Bertz CT molecular complexity index is 521. The zero-order chi connectivity index (χ0) is 16.9. The van der Waals surface area contributed by atoms with Crippen molar-refractivity contribution in [3.63, 3.8) is 0 Å². The maximum Gasteiger partial charge on any atom is 0.0199 e. The SMILES string of the molecule is CCC12CC3CC(CC)(C1)CC(NC14CC5CC(CC(C5)C1)C4)(C3)C2. The van der Waals surface area contributed by atoms with Gasteiger partial charge in [-0.05, 0) is 112 Å².